The second-order valence-electron chi connectivity index (χ2n) is 6.36. The first-order chi connectivity index (χ1) is 12.0. The van der Waals surface area contributed by atoms with Gasteiger partial charge in [0.1, 0.15) is 11.9 Å². The summed E-state index contributed by atoms with van der Waals surface area (Å²) in [5, 5.41) is 11.0. The van der Waals surface area contributed by atoms with Crippen LogP contribution < -0.4 is 21.3 Å². The van der Waals surface area contributed by atoms with Crippen molar-refractivity contribution in [3.8, 4) is 0 Å². The van der Waals surface area contributed by atoms with Gasteiger partial charge in [0.2, 0.25) is 17.7 Å². The summed E-state index contributed by atoms with van der Waals surface area (Å²) in [6, 6.07) is 3.74. The van der Waals surface area contributed by atoms with Crippen LogP contribution in [0.5, 0.6) is 0 Å². The summed E-state index contributed by atoms with van der Waals surface area (Å²) in [7, 11) is 0. The zero-order chi connectivity index (χ0) is 17.8. The summed E-state index contributed by atoms with van der Waals surface area (Å²) in [4.78, 5) is 35.1. The number of anilines is 2. The molecule has 0 aliphatic carbocycles. The first-order valence-corrected chi connectivity index (χ1v) is 8.44. The molecular weight excluding hydrogens is 327 g/mol. The van der Waals surface area contributed by atoms with Gasteiger partial charge in [-0.15, -0.1) is 0 Å². The summed E-state index contributed by atoms with van der Waals surface area (Å²) < 4.78 is 14.3. The second-order valence-corrected chi connectivity index (χ2v) is 6.36. The first kappa shape index (κ1) is 17.3. The number of rotatable bonds is 4. The monoisotopic (exact) mass is 348 g/mol. The minimum atomic E-state index is -0.577. The molecule has 3 rings (SSSR count). The van der Waals surface area contributed by atoms with Crippen LogP contribution in [0.4, 0.5) is 15.8 Å². The molecule has 2 aliphatic heterocycles. The smallest absolute Gasteiger partial charge is 0.249 e. The molecule has 134 valence electrons. The molecule has 2 fully saturated rings. The maximum absolute atomic E-state index is 14.3. The molecule has 0 saturated carbocycles. The van der Waals surface area contributed by atoms with E-state index < -0.39 is 17.8 Å². The van der Waals surface area contributed by atoms with E-state index in [0.29, 0.717) is 12.1 Å². The highest BCUT2D eigenvalue weighted by Crippen LogP contribution is 2.22. The zero-order valence-corrected chi connectivity index (χ0v) is 13.7. The number of hydrogen-bond donors (Lipinski definition) is 4. The fourth-order valence-electron chi connectivity index (χ4n) is 3.06. The van der Waals surface area contributed by atoms with Gasteiger partial charge in [0.15, 0.2) is 0 Å². The molecular formula is C17H21FN4O3. The molecule has 1 atom stereocenters. The highest BCUT2D eigenvalue weighted by Gasteiger charge is 2.26. The maximum atomic E-state index is 14.3. The normalized spacial score (nSPS) is 21.6. The molecule has 8 heteroatoms. The number of carbonyl (C=O) groups is 3. The van der Waals surface area contributed by atoms with Gasteiger partial charge >= 0.3 is 0 Å². The van der Waals surface area contributed by atoms with Gasteiger partial charge in [-0.2, -0.15) is 0 Å². The largest absolute Gasteiger partial charge is 0.374 e. The third-order valence-electron chi connectivity index (χ3n) is 4.52. The molecule has 3 amide bonds. The van der Waals surface area contributed by atoms with E-state index in [1.165, 1.54) is 12.1 Å². The van der Waals surface area contributed by atoms with Crippen molar-refractivity contribution in [3.63, 3.8) is 0 Å². The van der Waals surface area contributed by atoms with Crippen LogP contribution in [-0.2, 0) is 14.4 Å². The van der Waals surface area contributed by atoms with Crippen LogP contribution in [0.25, 0.3) is 0 Å². The van der Waals surface area contributed by atoms with Gasteiger partial charge in [-0.1, -0.05) is 0 Å². The fourth-order valence-corrected chi connectivity index (χ4v) is 3.06. The van der Waals surface area contributed by atoms with Crippen LogP contribution >= 0.6 is 0 Å². The minimum absolute atomic E-state index is 0.109. The van der Waals surface area contributed by atoms with E-state index in [0.717, 1.165) is 25.9 Å². The Morgan fingerprint density at radius 1 is 1.16 bits per heavy atom. The lowest BCUT2D eigenvalue weighted by Gasteiger charge is -2.23. The van der Waals surface area contributed by atoms with Crippen molar-refractivity contribution in [2.75, 3.05) is 23.7 Å². The molecule has 1 unspecified atom stereocenters. The maximum Gasteiger partial charge on any atom is 0.249 e. The van der Waals surface area contributed by atoms with E-state index in [4.69, 9.17) is 0 Å². The number of halogens is 1. The van der Waals surface area contributed by atoms with Crippen molar-refractivity contribution in [1.82, 2.24) is 10.6 Å². The summed E-state index contributed by atoms with van der Waals surface area (Å²) in [5.74, 6) is -1.57. The van der Waals surface area contributed by atoms with E-state index in [1.807, 2.05) is 0 Å². The minimum Gasteiger partial charge on any atom is -0.374 e. The molecule has 4 N–H and O–H groups in total. The molecule has 2 heterocycles. The Morgan fingerprint density at radius 2 is 1.92 bits per heavy atom. The number of imide groups is 1. The lowest BCUT2D eigenvalue weighted by atomic mass is 9.97. The van der Waals surface area contributed by atoms with Gasteiger partial charge in [-0.25, -0.2) is 4.39 Å². The first-order valence-electron chi connectivity index (χ1n) is 8.44. The van der Waals surface area contributed by atoms with Gasteiger partial charge in [-0.3, -0.25) is 19.7 Å². The highest BCUT2D eigenvalue weighted by atomic mass is 19.1. The van der Waals surface area contributed by atoms with Crippen molar-refractivity contribution in [3.05, 3.63) is 24.0 Å². The summed E-state index contributed by atoms with van der Waals surface area (Å²) in [5.41, 5.74) is 0.546. The number of piperidine rings is 2. The molecule has 25 heavy (non-hydrogen) atoms. The molecule has 7 nitrogen and oxygen atoms in total. The standard InChI is InChI=1S/C17H21FN4O3/c18-12-9-11(20-14-3-4-15(23)22-17(14)25)1-2-13(12)21-16(24)10-5-7-19-8-6-10/h1-2,9-10,14,19-20H,3-8H2,(H,21,24)(H,22,23,25). The predicted molar refractivity (Wildman–Crippen MR) is 90.4 cm³/mol. The molecule has 2 saturated heterocycles. The van der Waals surface area contributed by atoms with Crippen LogP contribution in [-0.4, -0.2) is 36.9 Å². The molecule has 1 aromatic carbocycles. The van der Waals surface area contributed by atoms with Gasteiger partial charge in [0, 0.05) is 18.0 Å². The third kappa shape index (κ3) is 4.33. The van der Waals surface area contributed by atoms with Crippen LogP contribution in [0.2, 0.25) is 0 Å². The average molecular weight is 348 g/mol. The van der Waals surface area contributed by atoms with Crippen LogP contribution in [0, 0.1) is 11.7 Å². The number of carbonyl (C=O) groups excluding carboxylic acids is 3. The SMILES string of the molecule is O=C1CCC(Nc2ccc(NC(=O)C3CCNCC3)c(F)c2)C(=O)N1. The molecule has 0 radical (unpaired) electrons. The van der Waals surface area contributed by atoms with Crippen LogP contribution in [0.1, 0.15) is 25.7 Å². The fraction of sp³-hybridized carbons (Fsp3) is 0.471. The zero-order valence-electron chi connectivity index (χ0n) is 13.7. The Labute approximate surface area is 144 Å². The second kappa shape index (κ2) is 7.60. The van der Waals surface area contributed by atoms with Crippen LogP contribution in [0.3, 0.4) is 0 Å². The van der Waals surface area contributed by atoms with E-state index >= 15 is 0 Å². The number of amides is 3. The van der Waals surface area contributed by atoms with Gasteiger partial charge in [0.25, 0.3) is 0 Å². The quantitative estimate of drug-likeness (QED) is 0.608. The summed E-state index contributed by atoms with van der Waals surface area (Å²) in [6.45, 7) is 1.57. The number of benzene rings is 1. The van der Waals surface area contributed by atoms with Gasteiger partial charge < -0.3 is 16.0 Å². The number of nitrogens with one attached hydrogen (secondary N) is 4. The van der Waals surface area contributed by atoms with Crippen LogP contribution in [0.15, 0.2) is 18.2 Å². The highest BCUT2D eigenvalue weighted by molar-refractivity contribution is 6.01. The number of hydrogen-bond acceptors (Lipinski definition) is 5. The van der Waals surface area contributed by atoms with E-state index in [-0.39, 0.29) is 29.8 Å². The van der Waals surface area contributed by atoms with Gasteiger partial charge in [-0.05, 0) is 50.6 Å². The topological polar surface area (TPSA) is 99.3 Å². The molecule has 0 aromatic heterocycles. The molecule has 0 bridgehead atoms. The Morgan fingerprint density at radius 3 is 2.60 bits per heavy atom. The van der Waals surface area contributed by atoms with Gasteiger partial charge in [0.05, 0.1) is 5.69 Å². The average Bonchev–Trinajstić information content (AvgIpc) is 2.60. The van der Waals surface area contributed by atoms with Crippen molar-refractivity contribution in [2.24, 2.45) is 5.92 Å². The Balaban J connectivity index is 1.61. The molecule has 0 spiro atoms. The predicted octanol–water partition coefficient (Wildman–Crippen LogP) is 0.981. The van der Waals surface area contributed by atoms with Crippen molar-refractivity contribution in [1.29, 1.82) is 0 Å². The lowest BCUT2D eigenvalue weighted by Crippen LogP contribution is -2.47. The van der Waals surface area contributed by atoms with Crippen molar-refractivity contribution in [2.45, 2.75) is 31.7 Å². The summed E-state index contributed by atoms with van der Waals surface area (Å²) >= 11 is 0. The summed E-state index contributed by atoms with van der Waals surface area (Å²) in [6.07, 6.45) is 2.09. The Hall–Kier alpha value is -2.48. The van der Waals surface area contributed by atoms with E-state index in [2.05, 4.69) is 21.3 Å². The third-order valence-corrected chi connectivity index (χ3v) is 4.52. The van der Waals surface area contributed by atoms with E-state index in [1.54, 1.807) is 6.07 Å². The Bertz CT molecular complexity index is 688. The molecule has 2 aliphatic rings. The van der Waals surface area contributed by atoms with Crippen molar-refractivity contribution >= 4 is 29.1 Å². The Kier molecular flexibility index (Phi) is 5.28. The van der Waals surface area contributed by atoms with E-state index in [9.17, 15) is 18.8 Å². The molecule has 1 aromatic rings. The van der Waals surface area contributed by atoms with Crippen molar-refractivity contribution < 1.29 is 18.8 Å². The lowest BCUT2D eigenvalue weighted by molar-refractivity contribution is -0.133.